The minimum Gasteiger partial charge on any atom is -0.493 e. The molecule has 7 nitrogen and oxygen atoms in total. The summed E-state index contributed by atoms with van der Waals surface area (Å²) in [6.45, 7) is 1.77. The normalized spacial score (nSPS) is 13.8. The highest BCUT2D eigenvalue weighted by Crippen LogP contribution is 2.38. The van der Waals surface area contributed by atoms with Crippen LogP contribution in [0, 0.1) is 6.92 Å². The van der Waals surface area contributed by atoms with E-state index in [0.717, 1.165) is 5.56 Å². The average molecular weight is 383 g/mol. The lowest BCUT2D eigenvalue weighted by Crippen LogP contribution is -2.25. The van der Waals surface area contributed by atoms with Gasteiger partial charge in [0, 0.05) is 20.2 Å². The molecule has 0 aromatic heterocycles. The molecule has 0 saturated carbocycles. The minimum absolute atomic E-state index is 0.182. The Morgan fingerprint density at radius 2 is 1.79 bits per heavy atom. The van der Waals surface area contributed by atoms with Gasteiger partial charge < -0.3 is 23.8 Å². The van der Waals surface area contributed by atoms with E-state index in [1.807, 2.05) is 0 Å². The molecule has 0 N–H and O–H groups in total. The zero-order chi connectivity index (χ0) is 20.4. The van der Waals surface area contributed by atoms with Gasteiger partial charge in [-0.25, -0.2) is 4.79 Å². The van der Waals surface area contributed by atoms with Crippen LogP contribution in [0.15, 0.2) is 36.1 Å². The SMILES string of the molecule is COc1ccc(C=C2Oc3cc(OC(=O)N(C)C)cc(C)c3C2=O)cc1OC. The number of hydrogen-bond acceptors (Lipinski definition) is 6. The summed E-state index contributed by atoms with van der Waals surface area (Å²) in [5.41, 5.74) is 1.85. The lowest BCUT2D eigenvalue weighted by atomic mass is 10.0. The highest BCUT2D eigenvalue weighted by atomic mass is 16.6. The van der Waals surface area contributed by atoms with E-state index in [9.17, 15) is 9.59 Å². The molecule has 0 saturated heterocycles. The van der Waals surface area contributed by atoms with Gasteiger partial charge in [-0.05, 0) is 42.3 Å². The highest BCUT2D eigenvalue weighted by Gasteiger charge is 2.30. The number of ketones is 1. The number of amides is 1. The van der Waals surface area contributed by atoms with E-state index in [2.05, 4.69) is 0 Å². The number of allylic oxidation sites excluding steroid dienone is 1. The van der Waals surface area contributed by atoms with Gasteiger partial charge in [-0.15, -0.1) is 0 Å². The Morgan fingerprint density at radius 3 is 2.43 bits per heavy atom. The minimum atomic E-state index is -0.509. The molecule has 0 unspecified atom stereocenters. The molecule has 1 heterocycles. The van der Waals surface area contributed by atoms with Gasteiger partial charge in [0.05, 0.1) is 19.8 Å². The van der Waals surface area contributed by atoms with Crippen molar-refractivity contribution < 1.29 is 28.5 Å². The molecule has 1 aliphatic heterocycles. The standard InChI is InChI=1S/C21H21NO6/c1-12-8-14(27-21(24)22(2)3)11-17-19(12)20(23)18(28-17)10-13-6-7-15(25-4)16(9-13)26-5/h6-11H,1-5H3. The average Bonchev–Trinajstić information content (AvgIpc) is 2.97. The third-order valence-corrected chi connectivity index (χ3v) is 4.22. The van der Waals surface area contributed by atoms with Crippen molar-refractivity contribution in [1.29, 1.82) is 0 Å². The van der Waals surface area contributed by atoms with Crippen molar-refractivity contribution in [2.45, 2.75) is 6.92 Å². The number of carbonyl (C=O) groups excluding carboxylic acids is 2. The summed E-state index contributed by atoms with van der Waals surface area (Å²) >= 11 is 0. The molecular formula is C21H21NO6. The number of Topliss-reactive ketones (excluding diaryl/α,β-unsaturated/α-hetero) is 1. The molecule has 0 fully saturated rings. The Balaban J connectivity index is 1.92. The number of aryl methyl sites for hydroxylation is 1. The molecule has 0 atom stereocenters. The van der Waals surface area contributed by atoms with Crippen LogP contribution in [-0.4, -0.2) is 45.1 Å². The Labute approximate surface area is 163 Å². The molecule has 0 aliphatic carbocycles. The molecule has 1 amide bonds. The van der Waals surface area contributed by atoms with Crippen LogP contribution in [0.5, 0.6) is 23.0 Å². The molecule has 3 rings (SSSR count). The molecular weight excluding hydrogens is 362 g/mol. The van der Waals surface area contributed by atoms with Crippen LogP contribution < -0.4 is 18.9 Å². The molecule has 28 heavy (non-hydrogen) atoms. The van der Waals surface area contributed by atoms with E-state index < -0.39 is 6.09 Å². The third kappa shape index (κ3) is 3.64. The first kappa shape index (κ1) is 19.3. The maximum absolute atomic E-state index is 12.8. The van der Waals surface area contributed by atoms with Crippen molar-refractivity contribution in [3.8, 4) is 23.0 Å². The smallest absolute Gasteiger partial charge is 0.414 e. The Kier molecular flexibility index (Phi) is 5.26. The fourth-order valence-electron chi connectivity index (χ4n) is 2.82. The van der Waals surface area contributed by atoms with Crippen molar-refractivity contribution in [3.63, 3.8) is 0 Å². The first-order chi connectivity index (χ1) is 13.3. The predicted octanol–water partition coefficient (Wildman–Crippen LogP) is 3.69. The van der Waals surface area contributed by atoms with Crippen LogP contribution in [0.25, 0.3) is 6.08 Å². The summed E-state index contributed by atoms with van der Waals surface area (Å²) in [5.74, 6) is 1.77. The van der Waals surface area contributed by atoms with Gasteiger partial charge in [-0.3, -0.25) is 4.79 Å². The summed E-state index contributed by atoms with van der Waals surface area (Å²) in [6.07, 6.45) is 1.12. The second-order valence-electron chi connectivity index (χ2n) is 6.43. The number of benzene rings is 2. The fraction of sp³-hybridized carbons (Fsp3) is 0.238. The molecule has 146 valence electrons. The first-order valence-electron chi connectivity index (χ1n) is 8.54. The van der Waals surface area contributed by atoms with Crippen LogP contribution in [0.4, 0.5) is 4.79 Å². The Hall–Kier alpha value is -3.48. The van der Waals surface area contributed by atoms with Crippen molar-refractivity contribution in [1.82, 2.24) is 4.90 Å². The second-order valence-corrected chi connectivity index (χ2v) is 6.43. The topological polar surface area (TPSA) is 74.3 Å². The molecule has 0 radical (unpaired) electrons. The lowest BCUT2D eigenvalue weighted by Gasteiger charge is -2.12. The van der Waals surface area contributed by atoms with Gasteiger partial charge in [-0.2, -0.15) is 0 Å². The summed E-state index contributed by atoms with van der Waals surface area (Å²) < 4.78 is 21.5. The monoisotopic (exact) mass is 383 g/mol. The van der Waals surface area contributed by atoms with Crippen molar-refractivity contribution in [2.75, 3.05) is 28.3 Å². The molecule has 7 heteroatoms. The number of rotatable bonds is 4. The van der Waals surface area contributed by atoms with Gasteiger partial charge in [0.1, 0.15) is 11.5 Å². The van der Waals surface area contributed by atoms with Gasteiger partial charge in [-0.1, -0.05) is 6.07 Å². The number of nitrogens with zero attached hydrogens (tertiary/aromatic N) is 1. The number of hydrogen-bond donors (Lipinski definition) is 0. The molecule has 1 aliphatic rings. The van der Waals surface area contributed by atoms with Gasteiger partial charge in [0.2, 0.25) is 5.78 Å². The van der Waals surface area contributed by atoms with Crippen LogP contribution in [0.2, 0.25) is 0 Å². The molecule has 0 spiro atoms. The number of ether oxygens (including phenoxy) is 4. The summed E-state index contributed by atoms with van der Waals surface area (Å²) in [7, 11) is 6.28. The maximum atomic E-state index is 12.8. The van der Waals surface area contributed by atoms with E-state index in [4.69, 9.17) is 18.9 Å². The van der Waals surface area contributed by atoms with Gasteiger partial charge >= 0.3 is 6.09 Å². The number of methoxy groups -OCH3 is 2. The first-order valence-corrected chi connectivity index (χ1v) is 8.54. The van der Waals surface area contributed by atoms with Crippen LogP contribution >= 0.6 is 0 Å². The van der Waals surface area contributed by atoms with E-state index >= 15 is 0 Å². The van der Waals surface area contributed by atoms with Gasteiger partial charge in [0.15, 0.2) is 17.3 Å². The molecule has 2 aromatic carbocycles. The molecule has 2 aromatic rings. The van der Waals surface area contributed by atoms with Gasteiger partial charge in [0.25, 0.3) is 0 Å². The Bertz CT molecular complexity index is 977. The summed E-state index contributed by atoms with van der Waals surface area (Å²) in [6, 6.07) is 8.48. The van der Waals surface area contributed by atoms with E-state index in [1.165, 1.54) is 11.0 Å². The van der Waals surface area contributed by atoms with E-state index in [0.29, 0.717) is 34.1 Å². The summed E-state index contributed by atoms with van der Waals surface area (Å²) in [5, 5.41) is 0. The third-order valence-electron chi connectivity index (χ3n) is 4.22. The number of carbonyl (C=O) groups is 2. The zero-order valence-corrected chi connectivity index (χ0v) is 16.4. The van der Waals surface area contributed by atoms with Crippen LogP contribution in [0.1, 0.15) is 21.5 Å². The fourth-order valence-corrected chi connectivity index (χ4v) is 2.82. The van der Waals surface area contributed by atoms with Crippen molar-refractivity contribution in [3.05, 3.63) is 52.8 Å². The second kappa shape index (κ2) is 7.64. The summed E-state index contributed by atoms with van der Waals surface area (Å²) in [4.78, 5) is 25.9. The van der Waals surface area contributed by atoms with Crippen molar-refractivity contribution in [2.24, 2.45) is 0 Å². The largest absolute Gasteiger partial charge is 0.493 e. The maximum Gasteiger partial charge on any atom is 0.414 e. The van der Waals surface area contributed by atoms with E-state index in [1.54, 1.807) is 65.6 Å². The molecule has 0 bridgehead atoms. The number of fused-ring (bicyclic) bond motifs is 1. The van der Waals surface area contributed by atoms with Crippen molar-refractivity contribution >= 4 is 18.0 Å². The van der Waals surface area contributed by atoms with Crippen LogP contribution in [0.3, 0.4) is 0 Å². The van der Waals surface area contributed by atoms with Crippen LogP contribution in [-0.2, 0) is 0 Å². The quantitative estimate of drug-likeness (QED) is 0.750. The lowest BCUT2D eigenvalue weighted by molar-refractivity contribution is 0.101. The zero-order valence-electron chi connectivity index (χ0n) is 16.4. The Morgan fingerprint density at radius 1 is 1.07 bits per heavy atom. The predicted molar refractivity (Wildman–Crippen MR) is 103 cm³/mol. The highest BCUT2D eigenvalue weighted by molar-refractivity contribution is 6.15. The van der Waals surface area contributed by atoms with E-state index in [-0.39, 0.29) is 11.5 Å².